The lowest BCUT2D eigenvalue weighted by Gasteiger charge is -2.23. The fourth-order valence-corrected chi connectivity index (χ4v) is 3.43. The third-order valence-electron chi connectivity index (χ3n) is 3.31. The molecule has 23 heavy (non-hydrogen) atoms. The van der Waals surface area contributed by atoms with Gasteiger partial charge in [0.15, 0.2) is 0 Å². The van der Waals surface area contributed by atoms with Crippen molar-refractivity contribution in [3.63, 3.8) is 0 Å². The normalized spacial score (nSPS) is 12.0. The van der Waals surface area contributed by atoms with Crippen molar-refractivity contribution in [2.45, 2.75) is 11.4 Å². The van der Waals surface area contributed by atoms with Crippen LogP contribution in [-0.4, -0.2) is 49.8 Å². The zero-order valence-corrected chi connectivity index (χ0v) is 14.0. The smallest absolute Gasteiger partial charge is 0.243 e. The van der Waals surface area contributed by atoms with Gasteiger partial charge < -0.3 is 4.90 Å². The summed E-state index contributed by atoms with van der Waals surface area (Å²) in [6.07, 6.45) is 1.63. The fourth-order valence-electron chi connectivity index (χ4n) is 2.02. The Hall–Kier alpha value is -1.83. The Labute approximate surface area is 136 Å². The highest BCUT2D eigenvalue weighted by Crippen LogP contribution is 2.18. The SMILES string of the molecule is CN(C)CCN(Cc1ccccn1)S(=O)(=O)c1ccc(F)cc1. The molecule has 1 aromatic carbocycles. The van der Waals surface area contributed by atoms with Gasteiger partial charge in [0.25, 0.3) is 0 Å². The van der Waals surface area contributed by atoms with E-state index in [9.17, 15) is 12.8 Å². The Bertz CT molecular complexity index is 719. The first-order chi connectivity index (χ1) is 10.9. The molecule has 0 unspecified atom stereocenters. The largest absolute Gasteiger partial charge is 0.308 e. The van der Waals surface area contributed by atoms with E-state index in [-0.39, 0.29) is 11.4 Å². The minimum Gasteiger partial charge on any atom is -0.308 e. The molecule has 124 valence electrons. The van der Waals surface area contributed by atoms with Crippen LogP contribution in [0.1, 0.15) is 5.69 Å². The molecule has 1 heterocycles. The van der Waals surface area contributed by atoms with Crippen LogP contribution in [0.2, 0.25) is 0 Å². The zero-order chi connectivity index (χ0) is 16.9. The third kappa shape index (κ3) is 4.82. The van der Waals surface area contributed by atoms with Crippen LogP contribution in [-0.2, 0) is 16.6 Å². The molecule has 0 atom stereocenters. The van der Waals surface area contributed by atoms with Crippen molar-refractivity contribution in [2.75, 3.05) is 27.2 Å². The molecule has 0 spiro atoms. The van der Waals surface area contributed by atoms with Gasteiger partial charge in [-0.05, 0) is 50.5 Å². The average molecular weight is 337 g/mol. The molecule has 2 aromatic rings. The maximum absolute atomic E-state index is 13.1. The Morgan fingerprint density at radius 3 is 2.30 bits per heavy atom. The highest BCUT2D eigenvalue weighted by atomic mass is 32.2. The van der Waals surface area contributed by atoms with E-state index >= 15 is 0 Å². The first-order valence-electron chi connectivity index (χ1n) is 7.20. The Morgan fingerprint density at radius 1 is 1.04 bits per heavy atom. The molecular weight excluding hydrogens is 317 g/mol. The van der Waals surface area contributed by atoms with Crippen LogP contribution in [0.15, 0.2) is 53.6 Å². The van der Waals surface area contributed by atoms with Gasteiger partial charge in [-0.25, -0.2) is 12.8 Å². The molecule has 0 saturated heterocycles. The van der Waals surface area contributed by atoms with Crippen molar-refractivity contribution in [1.82, 2.24) is 14.2 Å². The zero-order valence-electron chi connectivity index (χ0n) is 13.2. The van der Waals surface area contributed by atoms with E-state index in [4.69, 9.17) is 0 Å². The summed E-state index contributed by atoms with van der Waals surface area (Å²) < 4.78 is 40.1. The van der Waals surface area contributed by atoms with Crippen molar-refractivity contribution in [2.24, 2.45) is 0 Å². The molecule has 0 fully saturated rings. The number of rotatable bonds is 7. The molecule has 0 saturated carbocycles. The molecule has 2 rings (SSSR count). The Morgan fingerprint density at radius 2 is 1.74 bits per heavy atom. The van der Waals surface area contributed by atoms with E-state index < -0.39 is 15.8 Å². The van der Waals surface area contributed by atoms with Crippen LogP contribution in [0.3, 0.4) is 0 Å². The molecule has 1 aromatic heterocycles. The summed E-state index contributed by atoms with van der Waals surface area (Å²) in [7, 11) is 0.0452. The van der Waals surface area contributed by atoms with Gasteiger partial charge in [0.1, 0.15) is 5.82 Å². The van der Waals surface area contributed by atoms with Gasteiger partial charge in [-0.2, -0.15) is 4.31 Å². The lowest BCUT2D eigenvalue weighted by molar-refractivity contribution is 0.327. The van der Waals surface area contributed by atoms with Crippen LogP contribution in [0.4, 0.5) is 4.39 Å². The second-order valence-corrected chi connectivity index (χ2v) is 7.35. The van der Waals surface area contributed by atoms with E-state index in [1.54, 1.807) is 18.3 Å². The van der Waals surface area contributed by atoms with Crippen LogP contribution in [0.25, 0.3) is 0 Å². The van der Waals surface area contributed by atoms with Gasteiger partial charge in [0.2, 0.25) is 10.0 Å². The summed E-state index contributed by atoms with van der Waals surface area (Å²) in [5.74, 6) is -0.464. The summed E-state index contributed by atoms with van der Waals surface area (Å²) in [6.45, 7) is 1.07. The second-order valence-electron chi connectivity index (χ2n) is 5.42. The van der Waals surface area contributed by atoms with Crippen LogP contribution in [0.5, 0.6) is 0 Å². The lowest BCUT2D eigenvalue weighted by Crippen LogP contribution is -2.36. The average Bonchev–Trinajstić information content (AvgIpc) is 2.52. The lowest BCUT2D eigenvalue weighted by atomic mass is 10.3. The van der Waals surface area contributed by atoms with E-state index in [2.05, 4.69) is 4.98 Å². The van der Waals surface area contributed by atoms with Crippen LogP contribution < -0.4 is 0 Å². The number of aromatic nitrogens is 1. The van der Waals surface area contributed by atoms with Gasteiger partial charge in [0, 0.05) is 19.3 Å². The van der Waals surface area contributed by atoms with Crippen LogP contribution in [0, 0.1) is 5.82 Å². The quantitative estimate of drug-likeness (QED) is 0.775. The highest BCUT2D eigenvalue weighted by molar-refractivity contribution is 7.89. The minimum absolute atomic E-state index is 0.0774. The summed E-state index contributed by atoms with van der Waals surface area (Å²) in [6, 6.07) is 10.2. The molecule has 0 N–H and O–H groups in total. The molecule has 0 radical (unpaired) electrons. The van der Waals surface area contributed by atoms with Gasteiger partial charge in [-0.1, -0.05) is 6.07 Å². The molecule has 0 aliphatic carbocycles. The third-order valence-corrected chi connectivity index (χ3v) is 5.17. The molecular formula is C16H20FN3O2S. The standard InChI is InChI=1S/C16H20FN3O2S/c1-19(2)11-12-20(13-15-5-3-4-10-18-15)23(21,22)16-8-6-14(17)7-9-16/h3-10H,11-13H2,1-2H3. The summed E-state index contributed by atoms with van der Waals surface area (Å²) in [5.41, 5.74) is 0.664. The topological polar surface area (TPSA) is 53.5 Å². The maximum Gasteiger partial charge on any atom is 0.243 e. The summed E-state index contributed by atoms with van der Waals surface area (Å²) in [4.78, 5) is 6.17. The number of sulfonamides is 1. The predicted octanol–water partition coefficient (Wildman–Crippen LogP) is 1.97. The van der Waals surface area contributed by atoms with Crippen molar-refractivity contribution < 1.29 is 12.8 Å². The molecule has 5 nitrogen and oxygen atoms in total. The number of nitrogens with zero attached hydrogens (tertiary/aromatic N) is 3. The van der Waals surface area contributed by atoms with E-state index in [0.717, 1.165) is 12.1 Å². The highest BCUT2D eigenvalue weighted by Gasteiger charge is 2.25. The number of hydrogen-bond acceptors (Lipinski definition) is 4. The van der Waals surface area contributed by atoms with E-state index in [0.29, 0.717) is 18.8 Å². The number of hydrogen-bond donors (Lipinski definition) is 0. The Kier molecular flexibility index (Phi) is 5.81. The summed E-state index contributed by atoms with van der Waals surface area (Å²) in [5, 5.41) is 0. The molecule has 0 aliphatic heterocycles. The fraction of sp³-hybridized carbons (Fsp3) is 0.312. The predicted molar refractivity (Wildman–Crippen MR) is 86.8 cm³/mol. The van der Waals surface area contributed by atoms with Crippen LogP contribution >= 0.6 is 0 Å². The van der Waals surface area contributed by atoms with Crippen molar-refractivity contribution in [1.29, 1.82) is 0 Å². The second kappa shape index (κ2) is 7.63. The van der Waals surface area contributed by atoms with Crippen molar-refractivity contribution in [3.05, 3.63) is 60.2 Å². The van der Waals surface area contributed by atoms with Crippen molar-refractivity contribution >= 4 is 10.0 Å². The first kappa shape index (κ1) is 17.5. The van der Waals surface area contributed by atoms with Gasteiger partial charge >= 0.3 is 0 Å². The number of benzene rings is 1. The Balaban J connectivity index is 2.29. The minimum atomic E-state index is -3.71. The first-order valence-corrected chi connectivity index (χ1v) is 8.64. The summed E-state index contributed by atoms with van der Waals surface area (Å²) >= 11 is 0. The molecule has 0 amide bonds. The number of halogens is 1. The van der Waals surface area contributed by atoms with Gasteiger partial charge in [0.05, 0.1) is 17.1 Å². The maximum atomic E-state index is 13.1. The van der Waals surface area contributed by atoms with E-state index in [1.165, 1.54) is 16.4 Å². The van der Waals surface area contributed by atoms with Gasteiger partial charge in [-0.3, -0.25) is 4.98 Å². The van der Waals surface area contributed by atoms with E-state index in [1.807, 2.05) is 25.1 Å². The molecule has 7 heteroatoms. The number of pyridine rings is 1. The monoisotopic (exact) mass is 337 g/mol. The van der Waals surface area contributed by atoms with Gasteiger partial charge in [-0.15, -0.1) is 0 Å². The number of likely N-dealkylation sites (N-methyl/N-ethyl adjacent to an activating group) is 1. The van der Waals surface area contributed by atoms with Crippen molar-refractivity contribution in [3.8, 4) is 0 Å². The molecule has 0 aliphatic rings. The molecule has 0 bridgehead atoms.